The largest absolute Gasteiger partial charge is 2.00 e. The number of esters is 1. The third-order valence-electron chi connectivity index (χ3n) is 1.56. The van der Waals surface area contributed by atoms with Crippen LogP contribution >= 0.6 is 0 Å². The molecular weight excluding hydrogens is 252 g/mol. The quantitative estimate of drug-likeness (QED) is 0.353. The molecule has 1 aromatic carbocycles. The smallest absolute Gasteiger partial charge is 0.606 e. The SMILES string of the molecule is O=[C-]OC(=O)[CH-]Cc1ccc(F)cc1.[Zn+2]. The van der Waals surface area contributed by atoms with Crippen LogP contribution in [-0.4, -0.2) is 12.4 Å². The molecule has 0 spiro atoms. The maximum Gasteiger partial charge on any atom is 2.00 e. The zero-order valence-electron chi connectivity index (χ0n) is 7.90. The Kier molecular flexibility index (Phi) is 6.55. The molecule has 0 aliphatic rings. The normalized spacial score (nSPS) is 8.60. The van der Waals surface area contributed by atoms with Crippen molar-refractivity contribution in [3.8, 4) is 0 Å². The van der Waals surface area contributed by atoms with E-state index in [9.17, 15) is 14.0 Å². The first kappa shape index (κ1) is 13.8. The summed E-state index contributed by atoms with van der Waals surface area (Å²) in [6.07, 6.45) is 1.47. The van der Waals surface area contributed by atoms with Crippen molar-refractivity contribution in [2.24, 2.45) is 0 Å². The molecule has 0 bridgehead atoms. The summed E-state index contributed by atoms with van der Waals surface area (Å²) < 4.78 is 16.4. The Bertz CT molecular complexity index is 324. The molecule has 0 heterocycles. The topological polar surface area (TPSA) is 43.4 Å². The van der Waals surface area contributed by atoms with Crippen molar-refractivity contribution in [1.82, 2.24) is 0 Å². The van der Waals surface area contributed by atoms with E-state index in [1.165, 1.54) is 18.6 Å². The van der Waals surface area contributed by atoms with Crippen molar-refractivity contribution in [3.05, 3.63) is 42.1 Å². The molecule has 0 amide bonds. The van der Waals surface area contributed by atoms with E-state index < -0.39 is 5.97 Å². The molecule has 74 valence electrons. The molecule has 3 nitrogen and oxygen atoms in total. The zero-order chi connectivity index (χ0) is 10.4. The van der Waals surface area contributed by atoms with Crippen LogP contribution in [0.4, 0.5) is 4.39 Å². The Labute approximate surface area is 99.4 Å². The number of carbonyl (C=O) groups excluding carboxylic acids is 2. The Morgan fingerprint density at radius 2 is 2.00 bits per heavy atom. The van der Waals surface area contributed by atoms with Crippen LogP contribution in [0, 0.1) is 12.2 Å². The molecular formula is C10H7FO3Zn. The molecule has 1 aromatic rings. The first-order valence-electron chi connectivity index (χ1n) is 3.88. The average molecular weight is 260 g/mol. The summed E-state index contributed by atoms with van der Waals surface area (Å²) in [4.78, 5) is 20.3. The fraction of sp³-hybridized carbons (Fsp3) is 0.100. The van der Waals surface area contributed by atoms with Crippen LogP contribution in [0.5, 0.6) is 0 Å². The first-order chi connectivity index (χ1) is 6.72. The standard InChI is InChI=1S/C10H7FO3.Zn/c11-9-4-1-8(2-5-9)3-6-10(13)14-7-12;/h1-2,4-6H,3H2;/q-2;+2. The molecule has 0 N–H and O–H groups in total. The van der Waals surface area contributed by atoms with Gasteiger partial charge in [0.2, 0.25) is 0 Å². The molecule has 5 heteroatoms. The van der Waals surface area contributed by atoms with Gasteiger partial charge in [-0.05, 0) is 12.1 Å². The fourth-order valence-corrected chi connectivity index (χ4v) is 0.904. The van der Waals surface area contributed by atoms with E-state index in [1.54, 1.807) is 12.1 Å². The molecule has 0 aromatic heterocycles. The van der Waals surface area contributed by atoms with Gasteiger partial charge in [0.15, 0.2) is 6.47 Å². The Hall–Kier alpha value is -1.22. The van der Waals surface area contributed by atoms with Gasteiger partial charge in [-0.3, -0.25) is 0 Å². The summed E-state index contributed by atoms with van der Waals surface area (Å²) in [5.74, 6) is -1.10. The number of rotatable bonds is 4. The van der Waals surface area contributed by atoms with Gasteiger partial charge in [-0.2, -0.15) is 0 Å². The summed E-state index contributed by atoms with van der Waals surface area (Å²) in [6.45, 7) is 1.02. The van der Waals surface area contributed by atoms with E-state index in [2.05, 4.69) is 4.74 Å². The van der Waals surface area contributed by atoms with Crippen molar-refractivity contribution in [3.63, 3.8) is 0 Å². The minimum Gasteiger partial charge on any atom is -0.606 e. The van der Waals surface area contributed by atoms with E-state index in [-0.39, 0.29) is 25.3 Å². The number of benzene rings is 1. The van der Waals surface area contributed by atoms with Crippen LogP contribution in [0.3, 0.4) is 0 Å². The molecule has 0 atom stereocenters. The molecule has 15 heavy (non-hydrogen) atoms. The second-order valence-electron chi connectivity index (χ2n) is 2.54. The molecule has 0 unspecified atom stereocenters. The van der Waals surface area contributed by atoms with Crippen molar-refractivity contribution < 1.29 is 38.2 Å². The van der Waals surface area contributed by atoms with Crippen LogP contribution < -0.4 is 0 Å². The third kappa shape index (κ3) is 5.28. The monoisotopic (exact) mass is 258 g/mol. The molecule has 0 aliphatic heterocycles. The van der Waals surface area contributed by atoms with Gasteiger partial charge in [-0.25, -0.2) is 4.39 Å². The van der Waals surface area contributed by atoms with Gasteiger partial charge in [0.05, 0.1) is 0 Å². The minimum absolute atomic E-state index is 0. The number of hydrogen-bond donors (Lipinski definition) is 0. The van der Waals surface area contributed by atoms with Gasteiger partial charge in [0.1, 0.15) is 5.82 Å². The fourth-order valence-electron chi connectivity index (χ4n) is 0.904. The first-order valence-corrected chi connectivity index (χ1v) is 3.88. The summed E-state index contributed by atoms with van der Waals surface area (Å²) >= 11 is 0. The van der Waals surface area contributed by atoms with Gasteiger partial charge in [-0.1, -0.05) is 17.7 Å². The summed E-state index contributed by atoms with van der Waals surface area (Å²) in [7, 11) is 0. The predicted octanol–water partition coefficient (Wildman–Crippen LogP) is 1.18. The van der Waals surface area contributed by atoms with Crippen LogP contribution in [0.2, 0.25) is 0 Å². The van der Waals surface area contributed by atoms with E-state index in [0.29, 0.717) is 6.42 Å². The number of halogens is 1. The second-order valence-corrected chi connectivity index (χ2v) is 2.54. The van der Waals surface area contributed by atoms with Crippen LogP contribution in [0.15, 0.2) is 24.3 Å². The van der Waals surface area contributed by atoms with E-state index >= 15 is 0 Å². The summed E-state index contributed by atoms with van der Waals surface area (Å²) in [6, 6.07) is 5.67. The summed E-state index contributed by atoms with van der Waals surface area (Å²) in [5, 5.41) is 0. The zero-order valence-corrected chi connectivity index (χ0v) is 10.9. The van der Waals surface area contributed by atoms with Crippen LogP contribution in [-0.2, 0) is 40.2 Å². The van der Waals surface area contributed by atoms with Gasteiger partial charge >= 0.3 is 19.5 Å². The van der Waals surface area contributed by atoms with E-state index in [1.807, 2.05) is 0 Å². The van der Waals surface area contributed by atoms with Gasteiger partial charge in [-0.15, -0.1) is 6.42 Å². The molecule has 0 saturated heterocycles. The number of ether oxygens (including phenoxy) is 1. The molecule has 0 saturated carbocycles. The Morgan fingerprint density at radius 1 is 1.40 bits per heavy atom. The van der Waals surface area contributed by atoms with Gasteiger partial charge in [0.25, 0.3) is 0 Å². The van der Waals surface area contributed by atoms with E-state index in [4.69, 9.17) is 0 Å². The summed E-state index contributed by atoms with van der Waals surface area (Å²) in [5.41, 5.74) is 0.759. The van der Waals surface area contributed by atoms with Crippen molar-refractivity contribution in [2.75, 3.05) is 0 Å². The van der Waals surface area contributed by atoms with Crippen LogP contribution in [0.1, 0.15) is 5.56 Å². The maximum absolute atomic E-state index is 12.5. The minimum atomic E-state index is -0.760. The van der Waals surface area contributed by atoms with Crippen molar-refractivity contribution >= 4 is 12.4 Å². The Balaban J connectivity index is 0.00000196. The maximum atomic E-state index is 12.5. The number of hydrogen-bond acceptors (Lipinski definition) is 3. The van der Waals surface area contributed by atoms with Gasteiger partial charge in [0, 0.05) is 5.97 Å². The van der Waals surface area contributed by atoms with E-state index in [0.717, 1.165) is 12.0 Å². The molecule has 0 radical (unpaired) electrons. The second kappa shape index (κ2) is 7.13. The molecule has 1 rings (SSSR count). The van der Waals surface area contributed by atoms with Crippen molar-refractivity contribution in [2.45, 2.75) is 6.42 Å². The number of carbonyl (C=O) groups is 1. The molecule has 0 aliphatic carbocycles. The Morgan fingerprint density at radius 3 is 2.53 bits per heavy atom. The van der Waals surface area contributed by atoms with Gasteiger partial charge < -0.3 is 20.7 Å². The average Bonchev–Trinajstić information content (AvgIpc) is 2.17. The van der Waals surface area contributed by atoms with Crippen LogP contribution in [0.25, 0.3) is 0 Å². The van der Waals surface area contributed by atoms with Crippen molar-refractivity contribution in [1.29, 1.82) is 0 Å². The third-order valence-corrected chi connectivity index (χ3v) is 1.56. The predicted molar refractivity (Wildman–Crippen MR) is 46.2 cm³/mol. The molecule has 0 fully saturated rings.